The molecule has 0 bridgehead atoms. The summed E-state index contributed by atoms with van der Waals surface area (Å²) in [5.41, 5.74) is 14.1. The fraction of sp³-hybridized carbons (Fsp3) is 0.0339. The average Bonchev–Trinajstić information content (AvgIpc) is 3.93. The molecule has 0 N–H and O–H groups in total. The fourth-order valence-corrected chi connectivity index (χ4v) is 9.64. The van der Waals surface area contributed by atoms with Crippen LogP contribution in [0.2, 0.25) is 0 Å². The van der Waals surface area contributed by atoms with Crippen LogP contribution in [0.5, 0.6) is 0 Å². The molecule has 0 aliphatic heterocycles. The van der Waals surface area contributed by atoms with Gasteiger partial charge >= 0.3 is 0 Å². The van der Waals surface area contributed by atoms with E-state index >= 15 is 0 Å². The van der Waals surface area contributed by atoms with Gasteiger partial charge in [-0.2, -0.15) is 0 Å². The van der Waals surface area contributed by atoms with Crippen LogP contribution in [0.4, 0.5) is 0 Å². The molecule has 3 heterocycles. The van der Waals surface area contributed by atoms with E-state index in [0.29, 0.717) is 17.5 Å². The van der Waals surface area contributed by atoms with Gasteiger partial charge in [0.25, 0.3) is 0 Å². The maximum Gasteiger partial charge on any atom is 0.167 e. The highest BCUT2D eigenvalue weighted by atomic mass is 16.3. The minimum Gasteiger partial charge on any atom is -0.456 e. The third-order valence-corrected chi connectivity index (χ3v) is 12.7. The van der Waals surface area contributed by atoms with Gasteiger partial charge in [-0.05, 0) is 76.2 Å². The van der Waals surface area contributed by atoms with Gasteiger partial charge in [0.1, 0.15) is 22.3 Å². The first-order valence-electron chi connectivity index (χ1n) is 21.6. The monoisotopic (exact) mass is 817 g/mol. The van der Waals surface area contributed by atoms with Crippen molar-refractivity contribution in [3.63, 3.8) is 0 Å². The first-order valence-corrected chi connectivity index (χ1v) is 21.6. The lowest BCUT2D eigenvalue weighted by Gasteiger charge is -2.20. The molecular formula is C59H35N3O2. The van der Waals surface area contributed by atoms with Crippen molar-refractivity contribution < 1.29 is 8.83 Å². The summed E-state index contributed by atoms with van der Waals surface area (Å²) in [6.07, 6.45) is 5.38. The quantitative estimate of drug-likeness (QED) is 0.167. The molecule has 1 aliphatic carbocycles. The Bertz CT molecular complexity index is 3820. The Labute approximate surface area is 368 Å². The van der Waals surface area contributed by atoms with Crippen LogP contribution >= 0.6 is 0 Å². The summed E-state index contributed by atoms with van der Waals surface area (Å²) in [4.78, 5) is 15.8. The largest absolute Gasteiger partial charge is 0.456 e. The molecule has 5 nitrogen and oxygen atoms in total. The Hall–Kier alpha value is -8.59. The van der Waals surface area contributed by atoms with Gasteiger partial charge in [-0.3, -0.25) is 0 Å². The summed E-state index contributed by atoms with van der Waals surface area (Å²) in [6.45, 7) is 0. The van der Waals surface area contributed by atoms with Crippen LogP contribution in [0.15, 0.2) is 197 Å². The van der Waals surface area contributed by atoms with Crippen LogP contribution in [0.3, 0.4) is 0 Å². The predicted octanol–water partition coefficient (Wildman–Crippen LogP) is 15.1. The number of benzene rings is 8. The van der Waals surface area contributed by atoms with Crippen molar-refractivity contribution in [1.82, 2.24) is 15.0 Å². The van der Waals surface area contributed by atoms with Gasteiger partial charge in [-0.15, -0.1) is 0 Å². The molecule has 64 heavy (non-hydrogen) atoms. The SMILES string of the molecule is c1cc(-c2nc(-c3ccc(-c4ccccc4)c(-c4ccccc4)c3)nc(-c3cccc4c3oc3c(C5C=Cc6cc7oc8ccccc8c7cc6C5)cccc34)n2)c2ccccc2c#1. The van der Waals surface area contributed by atoms with E-state index < -0.39 is 0 Å². The first kappa shape index (κ1) is 36.1. The molecule has 0 fully saturated rings. The normalized spacial score (nSPS) is 13.5. The smallest absolute Gasteiger partial charge is 0.167 e. The van der Waals surface area contributed by atoms with E-state index in [2.05, 4.69) is 158 Å². The van der Waals surface area contributed by atoms with Crippen LogP contribution in [0.1, 0.15) is 22.6 Å². The van der Waals surface area contributed by atoms with E-state index in [1.165, 1.54) is 11.1 Å². The molecule has 1 unspecified atom stereocenters. The molecule has 3 aromatic heterocycles. The van der Waals surface area contributed by atoms with Crippen molar-refractivity contribution in [2.24, 2.45) is 0 Å². The van der Waals surface area contributed by atoms with Gasteiger partial charge in [0.15, 0.2) is 17.5 Å². The molecule has 0 saturated carbocycles. The van der Waals surface area contributed by atoms with Crippen LogP contribution in [-0.2, 0) is 6.42 Å². The second-order valence-corrected chi connectivity index (χ2v) is 16.5. The van der Waals surface area contributed by atoms with Gasteiger partial charge < -0.3 is 8.83 Å². The van der Waals surface area contributed by atoms with Crippen molar-refractivity contribution in [3.8, 4) is 56.4 Å². The molecule has 0 saturated heterocycles. The van der Waals surface area contributed by atoms with E-state index in [1.54, 1.807) is 0 Å². The zero-order valence-corrected chi connectivity index (χ0v) is 34.4. The zero-order chi connectivity index (χ0) is 42.1. The molecule has 0 spiro atoms. The van der Waals surface area contributed by atoms with Gasteiger partial charge in [-0.1, -0.05) is 164 Å². The molecule has 12 aromatic rings. The predicted molar refractivity (Wildman–Crippen MR) is 259 cm³/mol. The lowest BCUT2D eigenvalue weighted by atomic mass is 9.84. The van der Waals surface area contributed by atoms with Crippen molar-refractivity contribution in [3.05, 3.63) is 217 Å². The van der Waals surface area contributed by atoms with Crippen LogP contribution < -0.4 is 0 Å². The number of hydrogen-bond acceptors (Lipinski definition) is 5. The Kier molecular flexibility index (Phi) is 8.19. The lowest BCUT2D eigenvalue weighted by Crippen LogP contribution is -2.06. The molecule has 0 amide bonds. The van der Waals surface area contributed by atoms with Crippen molar-refractivity contribution in [1.29, 1.82) is 0 Å². The maximum absolute atomic E-state index is 7.07. The first-order chi connectivity index (χ1) is 31.7. The van der Waals surface area contributed by atoms with E-state index in [9.17, 15) is 0 Å². The number of furan rings is 2. The molecular weight excluding hydrogens is 783 g/mol. The highest BCUT2D eigenvalue weighted by Crippen LogP contribution is 2.43. The molecule has 298 valence electrons. The molecule has 9 aromatic carbocycles. The Morgan fingerprint density at radius 2 is 1.14 bits per heavy atom. The van der Waals surface area contributed by atoms with E-state index in [4.69, 9.17) is 23.8 Å². The standard InChI is InChI=1S/C59H35N3O2/c1-3-14-36(15-4-1)44-31-30-41(33-51(44)38-16-5-2-6-17-38)57-60-58(49-25-11-19-37-18-7-8-20-43(37)49)62-59(61-57)50-26-13-24-48-47-23-12-22-45(55(47)64-56(48)50)40-29-28-39-35-54-52(34-42(39)32-40)46-21-9-10-27-53(46)63-54/h1-10,12-18,20-31,33-35,40H,32H2. The van der Waals surface area contributed by atoms with Gasteiger partial charge in [0.05, 0.1) is 5.56 Å². The Morgan fingerprint density at radius 1 is 0.453 bits per heavy atom. The van der Waals surface area contributed by atoms with Gasteiger partial charge in [0, 0.05) is 61.0 Å². The van der Waals surface area contributed by atoms with Crippen LogP contribution in [0.25, 0.3) is 117 Å². The highest BCUT2D eigenvalue weighted by molar-refractivity contribution is 6.10. The number of fused-ring (bicyclic) bond motifs is 8. The minimum absolute atomic E-state index is 0.114. The number of hydrogen-bond donors (Lipinski definition) is 0. The number of nitrogens with zero attached hydrogens (tertiary/aromatic N) is 3. The van der Waals surface area contributed by atoms with Gasteiger partial charge in [-0.25, -0.2) is 15.0 Å². The molecule has 0 radical (unpaired) electrons. The summed E-state index contributed by atoms with van der Waals surface area (Å²) in [5, 5.41) is 6.29. The molecule has 1 aliphatic rings. The van der Waals surface area contributed by atoms with Gasteiger partial charge in [0.2, 0.25) is 0 Å². The van der Waals surface area contributed by atoms with Crippen molar-refractivity contribution >= 4 is 60.7 Å². The highest BCUT2D eigenvalue weighted by Gasteiger charge is 2.24. The summed E-state index contributed by atoms with van der Waals surface area (Å²) in [7, 11) is 0. The minimum atomic E-state index is 0.114. The third kappa shape index (κ3) is 5.92. The number of rotatable bonds is 6. The summed E-state index contributed by atoms with van der Waals surface area (Å²) >= 11 is 0. The number of para-hydroxylation sites is 3. The second kappa shape index (κ2) is 14.5. The van der Waals surface area contributed by atoms with Crippen molar-refractivity contribution in [2.75, 3.05) is 0 Å². The second-order valence-electron chi connectivity index (χ2n) is 16.5. The number of allylic oxidation sites excluding steroid dienone is 1. The third-order valence-electron chi connectivity index (χ3n) is 12.7. The Morgan fingerprint density at radius 3 is 1.98 bits per heavy atom. The van der Waals surface area contributed by atoms with E-state index in [1.807, 2.05) is 48.5 Å². The average molecular weight is 818 g/mol. The summed E-state index contributed by atoms with van der Waals surface area (Å²) < 4.78 is 13.3. The van der Waals surface area contributed by atoms with E-state index in [0.717, 1.165) is 106 Å². The maximum atomic E-state index is 7.07. The van der Waals surface area contributed by atoms with Crippen molar-refractivity contribution in [2.45, 2.75) is 12.3 Å². The van der Waals surface area contributed by atoms with Crippen LogP contribution in [-0.4, -0.2) is 15.0 Å². The Balaban J connectivity index is 0.975. The zero-order valence-electron chi connectivity index (χ0n) is 34.4. The fourth-order valence-electron chi connectivity index (χ4n) is 9.64. The summed E-state index contributed by atoms with van der Waals surface area (Å²) in [5.74, 6) is 1.75. The number of aromatic nitrogens is 3. The van der Waals surface area contributed by atoms with Crippen LogP contribution in [0, 0.1) is 12.1 Å². The molecule has 13 rings (SSSR count). The molecule has 1 atom stereocenters. The lowest BCUT2D eigenvalue weighted by molar-refractivity contribution is 0.656. The van der Waals surface area contributed by atoms with E-state index in [-0.39, 0.29) is 5.92 Å². The summed E-state index contributed by atoms with van der Waals surface area (Å²) in [6, 6.07) is 69.6. The molecule has 5 heteroatoms. The topological polar surface area (TPSA) is 65.0 Å².